The first-order valence-corrected chi connectivity index (χ1v) is 13.0. The van der Waals surface area contributed by atoms with Crippen LogP contribution in [0.3, 0.4) is 0 Å². The molecule has 10 heteroatoms. The molecule has 0 spiro atoms. The summed E-state index contributed by atoms with van der Waals surface area (Å²) < 4.78 is 5.89. The van der Waals surface area contributed by atoms with Crippen molar-refractivity contribution in [3.05, 3.63) is 82.2 Å². The van der Waals surface area contributed by atoms with Gasteiger partial charge in [-0.25, -0.2) is 4.79 Å². The third-order valence-electron chi connectivity index (χ3n) is 6.36. The number of nitrogens with one attached hydrogen (secondary N) is 2. The fourth-order valence-corrected chi connectivity index (χ4v) is 5.01. The number of nitrogens with two attached hydrogens (primary N) is 1. The zero-order chi connectivity index (χ0) is 27.6. The van der Waals surface area contributed by atoms with Crippen LogP contribution in [0.15, 0.2) is 60.7 Å². The van der Waals surface area contributed by atoms with E-state index in [1.807, 2.05) is 70.2 Å². The molecule has 2 heterocycles. The van der Waals surface area contributed by atoms with Crippen molar-refractivity contribution in [2.75, 3.05) is 12.4 Å². The van der Waals surface area contributed by atoms with Crippen molar-refractivity contribution in [3.8, 4) is 0 Å². The fraction of sp³-hybridized carbons (Fsp3) is 0.286. The van der Waals surface area contributed by atoms with E-state index in [1.165, 1.54) is 7.11 Å². The summed E-state index contributed by atoms with van der Waals surface area (Å²) in [7, 11) is 1.24. The number of carbonyl (C=O) groups excluding carboxylic acids is 3. The van der Waals surface area contributed by atoms with Gasteiger partial charge in [-0.2, -0.15) is 4.68 Å². The molecule has 2 aromatic heterocycles. The lowest BCUT2D eigenvalue weighted by Crippen LogP contribution is -2.40. The number of nitrogens with zero attached hydrogens (tertiary/aromatic N) is 2. The van der Waals surface area contributed by atoms with Crippen molar-refractivity contribution in [2.45, 2.75) is 39.3 Å². The van der Waals surface area contributed by atoms with Crippen LogP contribution in [0.1, 0.15) is 64.9 Å². The Morgan fingerprint density at radius 3 is 2.29 bits per heavy atom. The van der Waals surface area contributed by atoms with Gasteiger partial charge in [0, 0.05) is 11.6 Å². The Labute approximate surface area is 225 Å². The molecule has 0 aliphatic rings. The normalized spacial score (nSPS) is 12.4. The number of amides is 2. The highest BCUT2D eigenvalue weighted by molar-refractivity contribution is 7.20. The lowest BCUT2D eigenvalue weighted by molar-refractivity contribution is 0.0915. The molecule has 0 fully saturated rings. The fourth-order valence-electron chi connectivity index (χ4n) is 4.02. The predicted molar refractivity (Wildman–Crippen MR) is 149 cm³/mol. The van der Waals surface area contributed by atoms with Gasteiger partial charge in [0.15, 0.2) is 5.82 Å². The van der Waals surface area contributed by atoms with E-state index in [4.69, 9.17) is 10.5 Å². The van der Waals surface area contributed by atoms with E-state index < -0.39 is 17.5 Å². The molecule has 4 rings (SSSR count). The van der Waals surface area contributed by atoms with Gasteiger partial charge in [0.1, 0.15) is 4.83 Å². The quantitative estimate of drug-likeness (QED) is 0.296. The molecule has 198 valence electrons. The second-order valence-corrected chi connectivity index (χ2v) is 10.9. The zero-order valence-electron chi connectivity index (χ0n) is 21.9. The molecule has 9 nitrogen and oxygen atoms in total. The van der Waals surface area contributed by atoms with Gasteiger partial charge >= 0.3 is 6.09 Å². The number of benzene rings is 2. The van der Waals surface area contributed by atoms with Crippen LogP contribution in [0.5, 0.6) is 0 Å². The van der Waals surface area contributed by atoms with Crippen LogP contribution < -0.4 is 16.4 Å². The molecular weight excluding hydrogens is 502 g/mol. The summed E-state index contributed by atoms with van der Waals surface area (Å²) in [6, 6.07) is 18.1. The van der Waals surface area contributed by atoms with Crippen molar-refractivity contribution in [2.24, 2.45) is 11.7 Å². The Bertz CT molecular complexity index is 1470. The average Bonchev–Trinajstić information content (AvgIpc) is 3.48. The summed E-state index contributed by atoms with van der Waals surface area (Å²) in [5.41, 5.74) is 7.85. The van der Waals surface area contributed by atoms with Gasteiger partial charge in [0.25, 0.3) is 11.8 Å². The van der Waals surface area contributed by atoms with Gasteiger partial charge in [-0.3, -0.25) is 9.59 Å². The minimum atomic E-state index is -0.735. The number of anilines is 1. The first kappa shape index (κ1) is 27.0. The summed E-state index contributed by atoms with van der Waals surface area (Å²) in [5, 5.41) is 10.5. The Morgan fingerprint density at radius 2 is 1.68 bits per heavy atom. The molecule has 1 atom stereocenters. The van der Waals surface area contributed by atoms with Crippen molar-refractivity contribution < 1.29 is 19.1 Å². The number of rotatable bonds is 7. The largest absolute Gasteiger partial charge is 0.451 e. The number of aromatic nitrogens is 2. The van der Waals surface area contributed by atoms with Crippen LogP contribution >= 0.6 is 11.3 Å². The number of carbonyl (C=O) groups is 3. The molecule has 1 unspecified atom stereocenters. The van der Waals surface area contributed by atoms with E-state index in [-0.39, 0.29) is 23.7 Å². The number of ether oxygens (including phenoxy) is 1. The van der Waals surface area contributed by atoms with Crippen LogP contribution in [0.25, 0.3) is 10.2 Å². The summed E-state index contributed by atoms with van der Waals surface area (Å²) >= 11 is 1.09. The van der Waals surface area contributed by atoms with Gasteiger partial charge in [0.05, 0.1) is 22.9 Å². The molecule has 0 saturated heterocycles. The third kappa shape index (κ3) is 5.46. The number of hydrogen-bond acceptors (Lipinski definition) is 7. The van der Waals surface area contributed by atoms with Crippen molar-refractivity contribution in [3.63, 3.8) is 0 Å². The molecule has 2 aromatic carbocycles. The first-order chi connectivity index (χ1) is 18.0. The lowest BCUT2D eigenvalue weighted by atomic mass is 9.94. The lowest BCUT2D eigenvalue weighted by Gasteiger charge is -2.26. The second kappa shape index (κ2) is 10.8. The highest BCUT2D eigenvalue weighted by atomic mass is 32.1. The monoisotopic (exact) mass is 533 g/mol. The predicted octanol–water partition coefficient (Wildman–Crippen LogP) is 5.29. The highest BCUT2D eigenvalue weighted by Crippen LogP contribution is 2.33. The maximum atomic E-state index is 13.2. The van der Waals surface area contributed by atoms with Crippen LogP contribution in [0, 0.1) is 5.92 Å². The molecule has 0 aliphatic carbocycles. The summed E-state index contributed by atoms with van der Waals surface area (Å²) in [6.07, 6.45) is -0.735. The SMILES string of the molecule is COC(=O)n1nc(NC(=O)c2ccc(C(N)C(C)C)cc2)c2cc(C(=O)NC(C)(C)c3ccccc3)sc21. The molecular formula is C28H31N5O4S. The first-order valence-electron chi connectivity index (χ1n) is 12.2. The third-order valence-corrected chi connectivity index (χ3v) is 7.47. The molecule has 0 saturated carbocycles. The molecule has 0 bridgehead atoms. The minimum Gasteiger partial charge on any atom is -0.451 e. The Balaban J connectivity index is 1.62. The van der Waals surface area contributed by atoms with Gasteiger partial charge in [-0.15, -0.1) is 16.4 Å². The molecule has 38 heavy (non-hydrogen) atoms. The second-order valence-electron chi connectivity index (χ2n) is 9.85. The molecule has 4 N–H and O–H groups in total. The van der Waals surface area contributed by atoms with Crippen molar-refractivity contribution in [1.29, 1.82) is 0 Å². The standard InChI is InChI=1S/C28H31N5O4S/c1-16(2)22(29)17-11-13-18(14-12-17)24(34)30-23-20-15-21(38-26(20)33(32-23)27(36)37-5)25(35)31-28(3,4)19-9-7-6-8-10-19/h6-16,22H,29H2,1-5H3,(H,31,35)(H,30,32,34). The topological polar surface area (TPSA) is 128 Å². The molecule has 4 aromatic rings. The summed E-state index contributed by atoms with van der Waals surface area (Å²) in [6.45, 7) is 7.89. The van der Waals surface area contributed by atoms with Crippen molar-refractivity contribution >= 4 is 45.3 Å². The summed E-state index contributed by atoms with van der Waals surface area (Å²) in [4.78, 5) is 39.4. The Hall–Kier alpha value is -4.02. The number of hydrogen-bond donors (Lipinski definition) is 3. The van der Waals surface area contributed by atoms with E-state index in [2.05, 4.69) is 15.7 Å². The molecule has 0 aliphatic heterocycles. The Kier molecular flexibility index (Phi) is 7.66. The van der Waals surface area contributed by atoms with E-state index in [1.54, 1.807) is 18.2 Å². The van der Waals surface area contributed by atoms with E-state index >= 15 is 0 Å². The number of thiophene rings is 1. The van der Waals surface area contributed by atoms with Gasteiger partial charge < -0.3 is 21.1 Å². The maximum Gasteiger partial charge on any atom is 0.435 e. The van der Waals surface area contributed by atoms with Crippen molar-refractivity contribution in [1.82, 2.24) is 15.1 Å². The van der Waals surface area contributed by atoms with Crippen LogP contribution in [-0.4, -0.2) is 34.8 Å². The maximum absolute atomic E-state index is 13.2. The summed E-state index contributed by atoms with van der Waals surface area (Å²) in [5.74, 6) is -0.316. The molecule has 0 radical (unpaired) electrons. The van der Waals surface area contributed by atoms with Crippen LogP contribution in [0.4, 0.5) is 10.6 Å². The van der Waals surface area contributed by atoms with Gasteiger partial charge in [-0.05, 0) is 49.1 Å². The van der Waals surface area contributed by atoms with Crippen LogP contribution in [-0.2, 0) is 10.3 Å². The zero-order valence-corrected chi connectivity index (χ0v) is 22.8. The van der Waals surface area contributed by atoms with E-state index in [0.29, 0.717) is 20.7 Å². The number of fused-ring (bicyclic) bond motifs is 1. The van der Waals surface area contributed by atoms with E-state index in [9.17, 15) is 14.4 Å². The molecule has 2 amide bonds. The Morgan fingerprint density at radius 1 is 1.03 bits per heavy atom. The number of methoxy groups -OCH3 is 1. The minimum absolute atomic E-state index is 0.135. The van der Waals surface area contributed by atoms with Crippen LogP contribution in [0.2, 0.25) is 0 Å². The van der Waals surface area contributed by atoms with E-state index in [0.717, 1.165) is 27.1 Å². The average molecular weight is 534 g/mol. The highest BCUT2D eigenvalue weighted by Gasteiger charge is 2.27. The van der Waals surface area contributed by atoms with Gasteiger partial charge in [-0.1, -0.05) is 56.3 Å². The smallest absolute Gasteiger partial charge is 0.435 e. The van der Waals surface area contributed by atoms with Gasteiger partial charge in [0.2, 0.25) is 0 Å².